The van der Waals surface area contributed by atoms with Crippen molar-refractivity contribution in [3.05, 3.63) is 28.7 Å². The van der Waals surface area contributed by atoms with E-state index in [0.717, 1.165) is 9.37 Å². The number of hydrogen-bond acceptors (Lipinski definition) is 2. The molecule has 1 aromatic rings. The van der Waals surface area contributed by atoms with E-state index in [9.17, 15) is 0 Å². The van der Waals surface area contributed by atoms with Gasteiger partial charge >= 0.3 is 0 Å². The molecule has 0 saturated heterocycles. The van der Waals surface area contributed by atoms with Crippen molar-refractivity contribution in [2.45, 2.75) is 4.90 Å². The van der Waals surface area contributed by atoms with Crippen LogP contribution >= 0.6 is 38.4 Å². The zero-order valence-corrected chi connectivity index (χ0v) is 7.84. The summed E-state index contributed by atoms with van der Waals surface area (Å²) in [6, 6.07) is 8.02. The molecule has 0 unspecified atom stereocenters. The Morgan fingerprint density at radius 3 is 2.67 bits per heavy atom. The fraction of sp³-hybridized carbons (Fsp3) is 0. The van der Waals surface area contributed by atoms with E-state index in [1.54, 1.807) is 0 Å². The molecule has 0 heterocycles. The molecule has 0 aliphatic heterocycles. The summed E-state index contributed by atoms with van der Waals surface area (Å²) in [5.74, 6) is 0. The molecule has 0 N–H and O–H groups in total. The van der Waals surface area contributed by atoms with E-state index in [0.29, 0.717) is 0 Å². The van der Waals surface area contributed by atoms with Gasteiger partial charge in [-0.05, 0) is 18.2 Å². The van der Waals surface area contributed by atoms with Crippen molar-refractivity contribution in [3.63, 3.8) is 0 Å². The van der Waals surface area contributed by atoms with Gasteiger partial charge in [0.2, 0.25) is 0 Å². The molecule has 0 aromatic heterocycles. The summed E-state index contributed by atoms with van der Waals surface area (Å²) in [5, 5.41) is 0. The average Bonchev–Trinajstić information content (AvgIpc) is 1.88. The summed E-state index contributed by atoms with van der Waals surface area (Å²) in [6.45, 7) is 0. The normalized spacial score (nSPS) is 9.56. The van der Waals surface area contributed by atoms with Crippen molar-refractivity contribution in [2.24, 2.45) is 0 Å². The van der Waals surface area contributed by atoms with Crippen molar-refractivity contribution >= 4 is 38.4 Å². The Bertz CT molecular complexity index is 200. The molecule has 3 heteroatoms. The molecule has 0 bridgehead atoms. The first-order valence-corrected chi connectivity index (χ1v) is 5.06. The van der Waals surface area contributed by atoms with Crippen molar-refractivity contribution < 1.29 is 0 Å². The molecule has 0 spiro atoms. The summed E-state index contributed by atoms with van der Waals surface area (Å²) >= 11 is 7.41. The van der Waals surface area contributed by atoms with Gasteiger partial charge in [0.25, 0.3) is 0 Å². The molecule has 1 rings (SSSR count). The van der Waals surface area contributed by atoms with Gasteiger partial charge in [0.1, 0.15) is 0 Å². The first kappa shape index (κ1) is 7.51. The van der Waals surface area contributed by atoms with E-state index < -0.39 is 0 Å². The van der Waals surface area contributed by atoms with Crippen LogP contribution in [0.4, 0.5) is 0 Å². The molecule has 0 aliphatic rings. The molecule has 48 valence electrons. The molecule has 0 radical (unpaired) electrons. The third-order valence-corrected chi connectivity index (χ3v) is 2.49. The fourth-order valence-electron chi connectivity index (χ4n) is 0.524. The van der Waals surface area contributed by atoms with Crippen molar-refractivity contribution in [1.82, 2.24) is 0 Å². The quantitative estimate of drug-likeness (QED) is 0.560. The second-order valence-corrected chi connectivity index (χ2v) is 3.67. The van der Waals surface area contributed by atoms with Crippen LogP contribution in [0.2, 0.25) is 0 Å². The molecule has 0 fully saturated rings. The summed E-state index contributed by atoms with van der Waals surface area (Å²) in [6.07, 6.45) is 0. The van der Waals surface area contributed by atoms with Crippen molar-refractivity contribution in [2.75, 3.05) is 0 Å². The van der Waals surface area contributed by atoms with Gasteiger partial charge in [0.05, 0.1) is 0 Å². The summed E-state index contributed by atoms with van der Waals surface area (Å²) in [4.78, 5) is 1.16. The lowest BCUT2D eigenvalue weighted by Gasteiger charge is -1.92. The average molecular weight is 221 g/mol. The third-order valence-electron chi connectivity index (χ3n) is 0.901. The second kappa shape index (κ2) is 3.54. The molecular weight excluding hydrogens is 216 g/mol. The van der Waals surface area contributed by atoms with Gasteiger partial charge in [-0.3, -0.25) is 0 Å². The Balaban J connectivity index is 2.94. The zero-order valence-electron chi connectivity index (χ0n) is 4.54. The van der Waals surface area contributed by atoms with E-state index in [2.05, 4.69) is 27.6 Å². The van der Waals surface area contributed by atoms with Crippen LogP contribution in [-0.4, -0.2) is 0 Å². The van der Waals surface area contributed by atoms with Crippen LogP contribution in [0.5, 0.6) is 0 Å². The highest BCUT2D eigenvalue weighted by Gasteiger charge is 1.88. The van der Waals surface area contributed by atoms with E-state index in [4.69, 9.17) is 0 Å². The number of rotatable bonds is 1. The number of thiol groups is 1. The lowest BCUT2D eigenvalue weighted by Crippen LogP contribution is -1.64. The Kier molecular flexibility index (Phi) is 2.95. The van der Waals surface area contributed by atoms with E-state index >= 15 is 0 Å². The van der Waals surface area contributed by atoms with Crippen LogP contribution in [0.3, 0.4) is 0 Å². The maximum atomic E-state index is 4.05. The molecular formula is C6H5BrS2. The van der Waals surface area contributed by atoms with Gasteiger partial charge in [0, 0.05) is 9.37 Å². The molecule has 0 amide bonds. The van der Waals surface area contributed by atoms with Crippen molar-refractivity contribution in [1.29, 1.82) is 0 Å². The number of hydrogen-bond donors (Lipinski definition) is 1. The van der Waals surface area contributed by atoms with Crippen molar-refractivity contribution in [3.8, 4) is 0 Å². The maximum absolute atomic E-state index is 4.05. The first-order valence-electron chi connectivity index (χ1n) is 2.40. The fourth-order valence-corrected chi connectivity index (χ4v) is 1.73. The lowest BCUT2D eigenvalue weighted by molar-refractivity contribution is 1.45. The number of benzene rings is 1. The SMILES string of the molecule is SSc1cccc(Br)c1. The smallest absolute Gasteiger partial charge is 0.0191 e. The largest absolute Gasteiger partial charge is 0.106 e. The monoisotopic (exact) mass is 220 g/mol. The standard InChI is InChI=1S/C6H5BrS2/c7-5-2-1-3-6(4-5)9-8/h1-4,8H. The minimum atomic E-state index is 1.10. The highest BCUT2D eigenvalue weighted by molar-refractivity contribution is 9.10. The molecule has 0 nitrogen and oxygen atoms in total. The molecule has 0 aliphatic carbocycles. The van der Waals surface area contributed by atoms with Crippen LogP contribution in [-0.2, 0) is 0 Å². The highest BCUT2D eigenvalue weighted by atomic mass is 79.9. The number of halogens is 1. The van der Waals surface area contributed by atoms with E-state index in [-0.39, 0.29) is 0 Å². The van der Waals surface area contributed by atoms with Crippen LogP contribution in [0.25, 0.3) is 0 Å². The molecule has 9 heavy (non-hydrogen) atoms. The molecule has 0 atom stereocenters. The van der Waals surface area contributed by atoms with Gasteiger partial charge in [-0.2, -0.15) is 0 Å². The zero-order chi connectivity index (χ0) is 6.69. The van der Waals surface area contributed by atoms with Gasteiger partial charge in [0.15, 0.2) is 0 Å². The van der Waals surface area contributed by atoms with Crippen LogP contribution in [0, 0.1) is 0 Å². The van der Waals surface area contributed by atoms with Gasteiger partial charge in [-0.1, -0.05) is 32.8 Å². The first-order chi connectivity index (χ1) is 4.33. The minimum absolute atomic E-state index is 1.10. The summed E-state index contributed by atoms with van der Waals surface area (Å²) in [7, 11) is 1.45. The highest BCUT2D eigenvalue weighted by Crippen LogP contribution is 2.23. The predicted octanol–water partition coefficient (Wildman–Crippen LogP) is 3.39. The Labute approximate surface area is 72.0 Å². The van der Waals surface area contributed by atoms with Crippen LogP contribution in [0.15, 0.2) is 33.6 Å². The van der Waals surface area contributed by atoms with E-state index in [1.807, 2.05) is 24.3 Å². The molecule has 1 aromatic carbocycles. The maximum Gasteiger partial charge on any atom is 0.0191 e. The topological polar surface area (TPSA) is 0 Å². The summed E-state index contributed by atoms with van der Waals surface area (Å²) < 4.78 is 1.10. The second-order valence-electron chi connectivity index (χ2n) is 1.55. The summed E-state index contributed by atoms with van der Waals surface area (Å²) in [5.41, 5.74) is 0. The van der Waals surface area contributed by atoms with E-state index in [1.165, 1.54) is 10.8 Å². The van der Waals surface area contributed by atoms with Gasteiger partial charge in [-0.15, -0.1) is 11.7 Å². The Morgan fingerprint density at radius 1 is 1.44 bits per heavy atom. The molecule has 0 saturated carbocycles. The lowest BCUT2D eigenvalue weighted by atomic mass is 10.4. The third kappa shape index (κ3) is 2.24. The minimum Gasteiger partial charge on any atom is -0.106 e. The van der Waals surface area contributed by atoms with Gasteiger partial charge in [-0.25, -0.2) is 0 Å². The Morgan fingerprint density at radius 2 is 2.22 bits per heavy atom. The predicted molar refractivity (Wildman–Crippen MR) is 49.0 cm³/mol. The van der Waals surface area contributed by atoms with Gasteiger partial charge < -0.3 is 0 Å². The van der Waals surface area contributed by atoms with Crippen LogP contribution < -0.4 is 0 Å². The van der Waals surface area contributed by atoms with Crippen LogP contribution in [0.1, 0.15) is 0 Å². The Hall–Kier alpha value is 0.400.